The number of likely N-dealkylation sites (tertiary alicyclic amines) is 1. The summed E-state index contributed by atoms with van der Waals surface area (Å²) < 4.78 is 5.28. The van der Waals surface area contributed by atoms with Gasteiger partial charge in [-0.1, -0.05) is 0 Å². The van der Waals surface area contributed by atoms with Crippen LogP contribution < -0.4 is 0 Å². The molecule has 1 fully saturated rings. The average Bonchev–Trinajstić information content (AvgIpc) is 3.17. The first-order chi connectivity index (χ1) is 10.1. The van der Waals surface area contributed by atoms with E-state index in [9.17, 15) is 9.90 Å². The van der Waals surface area contributed by atoms with Crippen LogP contribution in [0, 0.1) is 5.92 Å². The van der Waals surface area contributed by atoms with Crippen LogP contribution in [0.25, 0.3) is 11.5 Å². The molecule has 2 aromatic heterocycles. The highest BCUT2D eigenvalue weighted by atomic mass is 16.3. The maximum absolute atomic E-state index is 12.5. The molecule has 2 aromatic rings. The topological polar surface area (TPSA) is 82.4 Å². The molecule has 1 amide bonds. The van der Waals surface area contributed by atoms with Crippen LogP contribution >= 0.6 is 0 Å². The summed E-state index contributed by atoms with van der Waals surface area (Å²) in [5.41, 5.74) is 1.07. The SMILES string of the molecule is CC(O)C1CCCN(C(=O)c2cc(-c3ccco3)[nH]n2)C1. The second-order valence-corrected chi connectivity index (χ2v) is 5.54. The van der Waals surface area contributed by atoms with Crippen molar-refractivity contribution < 1.29 is 14.3 Å². The van der Waals surface area contributed by atoms with Crippen molar-refractivity contribution in [3.63, 3.8) is 0 Å². The number of carbonyl (C=O) groups excluding carboxylic acids is 1. The van der Waals surface area contributed by atoms with E-state index in [1.165, 1.54) is 0 Å². The molecule has 0 spiro atoms. The Bertz CT molecular complexity index is 603. The molecule has 0 radical (unpaired) electrons. The minimum atomic E-state index is -0.390. The van der Waals surface area contributed by atoms with Crippen molar-refractivity contribution in [1.29, 1.82) is 0 Å². The summed E-state index contributed by atoms with van der Waals surface area (Å²) in [7, 11) is 0. The van der Waals surface area contributed by atoms with Crippen molar-refractivity contribution in [3.05, 3.63) is 30.2 Å². The van der Waals surface area contributed by atoms with Gasteiger partial charge in [-0.2, -0.15) is 5.10 Å². The molecule has 3 heterocycles. The Hall–Kier alpha value is -2.08. The van der Waals surface area contributed by atoms with Crippen molar-refractivity contribution in [3.8, 4) is 11.5 Å². The number of nitrogens with zero attached hydrogens (tertiary/aromatic N) is 2. The van der Waals surface area contributed by atoms with E-state index in [1.807, 2.05) is 6.07 Å². The molecule has 1 aliphatic heterocycles. The van der Waals surface area contributed by atoms with Gasteiger partial charge in [-0.15, -0.1) is 0 Å². The van der Waals surface area contributed by atoms with Gasteiger partial charge in [0.05, 0.1) is 12.4 Å². The zero-order valence-corrected chi connectivity index (χ0v) is 12.0. The van der Waals surface area contributed by atoms with E-state index in [4.69, 9.17) is 4.42 Å². The van der Waals surface area contributed by atoms with Crippen molar-refractivity contribution in [2.24, 2.45) is 5.92 Å². The molecule has 0 aliphatic carbocycles. The van der Waals surface area contributed by atoms with Gasteiger partial charge in [-0.05, 0) is 31.9 Å². The molecule has 0 bridgehead atoms. The molecule has 6 heteroatoms. The second kappa shape index (κ2) is 5.73. The smallest absolute Gasteiger partial charge is 0.274 e. The van der Waals surface area contributed by atoms with Gasteiger partial charge in [0.1, 0.15) is 5.69 Å². The predicted molar refractivity (Wildman–Crippen MR) is 76.6 cm³/mol. The summed E-state index contributed by atoms with van der Waals surface area (Å²) >= 11 is 0. The van der Waals surface area contributed by atoms with Gasteiger partial charge in [0, 0.05) is 25.1 Å². The first-order valence-electron chi connectivity index (χ1n) is 7.22. The third kappa shape index (κ3) is 2.85. The number of aromatic amines is 1. The van der Waals surface area contributed by atoms with E-state index in [2.05, 4.69) is 10.2 Å². The molecule has 3 rings (SSSR count). The van der Waals surface area contributed by atoms with Gasteiger partial charge in [-0.25, -0.2) is 0 Å². The summed E-state index contributed by atoms with van der Waals surface area (Å²) in [6, 6.07) is 5.30. The number of aliphatic hydroxyl groups is 1. The number of rotatable bonds is 3. The Morgan fingerprint density at radius 1 is 1.62 bits per heavy atom. The van der Waals surface area contributed by atoms with Crippen molar-refractivity contribution >= 4 is 5.91 Å². The monoisotopic (exact) mass is 289 g/mol. The van der Waals surface area contributed by atoms with E-state index in [-0.39, 0.29) is 11.8 Å². The number of H-pyrrole nitrogens is 1. The van der Waals surface area contributed by atoms with Gasteiger partial charge in [0.2, 0.25) is 0 Å². The fraction of sp³-hybridized carbons (Fsp3) is 0.467. The molecule has 0 aromatic carbocycles. The maximum Gasteiger partial charge on any atom is 0.274 e. The van der Waals surface area contributed by atoms with Crippen molar-refractivity contribution in [1.82, 2.24) is 15.1 Å². The van der Waals surface area contributed by atoms with Gasteiger partial charge in [0.15, 0.2) is 11.5 Å². The van der Waals surface area contributed by atoms with Crippen LogP contribution in [0.4, 0.5) is 0 Å². The van der Waals surface area contributed by atoms with E-state index in [1.54, 1.807) is 30.2 Å². The quantitative estimate of drug-likeness (QED) is 0.904. The number of furan rings is 1. The molecular formula is C15H19N3O3. The molecule has 2 unspecified atom stereocenters. The Morgan fingerprint density at radius 3 is 3.19 bits per heavy atom. The number of nitrogens with one attached hydrogen (secondary N) is 1. The van der Waals surface area contributed by atoms with E-state index >= 15 is 0 Å². The predicted octanol–water partition coefficient (Wildman–Crippen LogP) is 1.90. The van der Waals surface area contributed by atoms with Crippen LogP contribution in [0.15, 0.2) is 28.9 Å². The Balaban J connectivity index is 1.73. The van der Waals surface area contributed by atoms with Gasteiger partial charge in [-0.3, -0.25) is 9.89 Å². The summed E-state index contributed by atoms with van der Waals surface area (Å²) in [5, 5.41) is 16.6. The van der Waals surface area contributed by atoms with Gasteiger partial charge >= 0.3 is 0 Å². The van der Waals surface area contributed by atoms with Crippen LogP contribution in [0.1, 0.15) is 30.3 Å². The van der Waals surface area contributed by atoms with Crippen LogP contribution in [0.2, 0.25) is 0 Å². The molecule has 1 aliphatic rings. The first kappa shape index (κ1) is 13.9. The molecule has 2 N–H and O–H groups in total. The molecule has 0 saturated carbocycles. The number of piperidine rings is 1. The summed E-state index contributed by atoms with van der Waals surface area (Å²) in [5.74, 6) is 0.697. The number of aromatic nitrogens is 2. The lowest BCUT2D eigenvalue weighted by molar-refractivity contribution is 0.0461. The second-order valence-electron chi connectivity index (χ2n) is 5.54. The van der Waals surface area contributed by atoms with Gasteiger partial charge < -0.3 is 14.4 Å². The van der Waals surface area contributed by atoms with Crippen LogP contribution in [-0.4, -0.2) is 45.3 Å². The molecular weight excluding hydrogens is 270 g/mol. The van der Waals surface area contributed by atoms with Crippen molar-refractivity contribution in [2.45, 2.75) is 25.9 Å². The molecule has 1 saturated heterocycles. The Kier molecular flexibility index (Phi) is 3.79. The number of amides is 1. The summed E-state index contributed by atoms with van der Waals surface area (Å²) in [6.45, 7) is 3.08. The Labute approximate surface area is 122 Å². The summed E-state index contributed by atoms with van der Waals surface area (Å²) in [6.07, 6.45) is 3.06. The number of aliphatic hydroxyl groups excluding tert-OH is 1. The zero-order valence-electron chi connectivity index (χ0n) is 12.0. The van der Waals surface area contributed by atoms with Crippen molar-refractivity contribution in [2.75, 3.05) is 13.1 Å². The lowest BCUT2D eigenvalue weighted by Gasteiger charge is -2.33. The zero-order chi connectivity index (χ0) is 14.8. The van der Waals surface area contributed by atoms with Crippen LogP contribution in [0.5, 0.6) is 0 Å². The fourth-order valence-electron chi connectivity index (χ4n) is 2.74. The highest BCUT2D eigenvalue weighted by Gasteiger charge is 2.28. The minimum Gasteiger partial charge on any atom is -0.463 e. The van der Waals surface area contributed by atoms with E-state index in [0.29, 0.717) is 30.2 Å². The molecule has 21 heavy (non-hydrogen) atoms. The standard InChI is InChI=1S/C15H19N3O3/c1-10(19)11-4-2-6-18(9-11)15(20)13-8-12(16-17-13)14-5-3-7-21-14/h3,5,7-8,10-11,19H,2,4,6,9H2,1H3,(H,16,17). The number of hydrogen-bond acceptors (Lipinski definition) is 4. The third-order valence-electron chi connectivity index (χ3n) is 4.01. The maximum atomic E-state index is 12.5. The summed E-state index contributed by atoms with van der Waals surface area (Å²) in [4.78, 5) is 14.2. The normalized spacial score (nSPS) is 20.5. The average molecular weight is 289 g/mol. The highest BCUT2D eigenvalue weighted by Crippen LogP contribution is 2.23. The Morgan fingerprint density at radius 2 is 2.48 bits per heavy atom. The third-order valence-corrected chi connectivity index (χ3v) is 4.01. The minimum absolute atomic E-state index is 0.102. The van der Waals surface area contributed by atoms with Crippen LogP contribution in [0.3, 0.4) is 0 Å². The van der Waals surface area contributed by atoms with Crippen LogP contribution in [-0.2, 0) is 0 Å². The van der Waals surface area contributed by atoms with Gasteiger partial charge in [0.25, 0.3) is 5.91 Å². The molecule has 6 nitrogen and oxygen atoms in total. The number of carbonyl (C=O) groups is 1. The number of hydrogen-bond donors (Lipinski definition) is 2. The largest absolute Gasteiger partial charge is 0.463 e. The molecule has 2 atom stereocenters. The lowest BCUT2D eigenvalue weighted by Crippen LogP contribution is -2.43. The lowest BCUT2D eigenvalue weighted by atomic mass is 9.93. The van der Waals surface area contributed by atoms with E-state index < -0.39 is 6.10 Å². The fourth-order valence-corrected chi connectivity index (χ4v) is 2.74. The van der Waals surface area contributed by atoms with E-state index in [0.717, 1.165) is 12.8 Å². The highest BCUT2D eigenvalue weighted by molar-refractivity contribution is 5.93. The first-order valence-corrected chi connectivity index (χ1v) is 7.22. The molecule has 112 valence electrons.